The topological polar surface area (TPSA) is 133 Å². The number of sulfone groups is 1. The second-order valence-electron chi connectivity index (χ2n) is 14.8. The number of esters is 1. The van der Waals surface area contributed by atoms with Crippen molar-refractivity contribution in [2.45, 2.75) is 65.7 Å². The highest BCUT2D eigenvalue weighted by molar-refractivity contribution is 7.91. The first-order valence-corrected chi connectivity index (χ1v) is 19.5. The van der Waals surface area contributed by atoms with E-state index in [0.29, 0.717) is 28.7 Å². The summed E-state index contributed by atoms with van der Waals surface area (Å²) in [5.41, 5.74) is 0.202. The first-order chi connectivity index (χ1) is 25.0. The molecule has 5 aromatic rings. The maximum absolute atomic E-state index is 15.7. The lowest BCUT2D eigenvalue weighted by Crippen LogP contribution is -2.35. The van der Waals surface area contributed by atoms with E-state index in [1.54, 1.807) is 47.0 Å². The molecule has 4 bridgehead atoms. The summed E-state index contributed by atoms with van der Waals surface area (Å²) in [6, 6.07) is 14.6. The number of aromatic amines is 1. The fourth-order valence-electron chi connectivity index (χ4n) is 7.10. The van der Waals surface area contributed by atoms with Crippen LogP contribution in [-0.4, -0.2) is 58.0 Å². The average Bonchev–Trinajstić information content (AvgIpc) is 3.73. The van der Waals surface area contributed by atoms with Crippen molar-refractivity contribution in [2.75, 3.05) is 18.1 Å². The lowest BCUT2D eigenvalue weighted by atomic mass is 9.74. The van der Waals surface area contributed by atoms with E-state index in [4.69, 9.17) is 19.6 Å². The molecule has 0 spiro atoms. The second kappa shape index (κ2) is 14.5. The third-order valence-corrected chi connectivity index (χ3v) is 12.2. The van der Waals surface area contributed by atoms with Crippen LogP contribution < -0.4 is 4.74 Å². The van der Waals surface area contributed by atoms with Crippen molar-refractivity contribution in [1.82, 2.24) is 19.7 Å². The molecule has 0 saturated heterocycles. The van der Waals surface area contributed by atoms with Crippen LogP contribution >= 0.6 is 0 Å². The molecule has 2 unspecified atom stereocenters. The number of hydrogen-bond acceptors (Lipinski definition) is 8. The Bertz CT molecular complexity index is 2310. The van der Waals surface area contributed by atoms with E-state index < -0.39 is 44.0 Å². The van der Waals surface area contributed by atoms with E-state index in [-0.39, 0.29) is 66.3 Å². The maximum atomic E-state index is 15.7. The molecule has 0 aliphatic carbocycles. The van der Waals surface area contributed by atoms with Gasteiger partial charge in [0.25, 0.3) is 0 Å². The number of H-pyrrole nitrogens is 1. The molecule has 1 aliphatic heterocycles. The molecule has 0 amide bonds. The fraction of sp³-hybridized carbons (Fsp3) is 0.400. The predicted molar refractivity (Wildman–Crippen MR) is 198 cm³/mol. The number of nitrogens with one attached hydrogen (secondary N) is 1. The molecule has 1 N–H and O–H groups in total. The highest BCUT2D eigenvalue weighted by atomic mass is 32.2. The molecule has 10 nitrogen and oxygen atoms in total. The van der Waals surface area contributed by atoms with Crippen LogP contribution in [0.4, 0.5) is 8.78 Å². The van der Waals surface area contributed by atoms with Crippen LogP contribution in [0, 0.1) is 23.0 Å². The summed E-state index contributed by atoms with van der Waals surface area (Å²) in [6.45, 7) is 8.96. The number of ether oxygens (including phenoxy) is 2. The summed E-state index contributed by atoms with van der Waals surface area (Å²) in [4.78, 5) is 34.2. The monoisotopic (exact) mass is 746 g/mol. The molecular weight excluding hydrogens is 703 g/mol. The van der Waals surface area contributed by atoms with Gasteiger partial charge in [0.1, 0.15) is 17.3 Å². The number of ketones is 1. The number of hydrogen-bond donors (Lipinski definition) is 1. The summed E-state index contributed by atoms with van der Waals surface area (Å²) < 4.78 is 71.5. The van der Waals surface area contributed by atoms with Gasteiger partial charge in [-0.05, 0) is 68.5 Å². The number of carbonyl (C=O) groups is 2. The van der Waals surface area contributed by atoms with Crippen molar-refractivity contribution in [1.29, 1.82) is 0 Å². The molecule has 0 radical (unpaired) electrons. The molecule has 280 valence electrons. The van der Waals surface area contributed by atoms with Crippen molar-refractivity contribution in [3.63, 3.8) is 0 Å². The highest BCUT2D eigenvalue weighted by Gasteiger charge is 2.39. The number of carbonyl (C=O) groups excluding carboxylic acids is 2. The van der Waals surface area contributed by atoms with Gasteiger partial charge in [0.2, 0.25) is 0 Å². The van der Waals surface area contributed by atoms with Gasteiger partial charge in [0.05, 0.1) is 35.0 Å². The second-order valence-corrected chi connectivity index (χ2v) is 17.0. The van der Waals surface area contributed by atoms with E-state index in [0.717, 1.165) is 11.1 Å². The van der Waals surface area contributed by atoms with Gasteiger partial charge in [-0.1, -0.05) is 45.0 Å². The first kappa shape index (κ1) is 37.8. The van der Waals surface area contributed by atoms with Gasteiger partial charge in [0, 0.05) is 47.6 Å². The molecular formula is C40H44F2N4O6S. The van der Waals surface area contributed by atoms with Gasteiger partial charge in [0.15, 0.2) is 33.1 Å². The lowest BCUT2D eigenvalue weighted by Gasteiger charge is -2.30. The normalized spacial score (nSPS) is 19.4. The van der Waals surface area contributed by atoms with Gasteiger partial charge in [-0.25, -0.2) is 26.9 Å². The van der Waals surface area contributed by atoms with E-state index in [9.17, 15) is 18.0 Å². The summed E-state index contributed by atoms with van der Waals surface area (Å²) in [5, 5.41) is 5.34. The van der Waals surface area contributed by atoms with Crippen molar-refractivity contribution in [3.8, 4) is 22.9 Å². The first-order valence-electron chi connectivity index (χ1n) is 17.7. The largest absolute Gasteiger partial charge is 0.466 e. The highest BCUT2D eigenvalue weighted by Crippen LogP contribution is 2.40. The Balaban J connectivity index is 1.50. The van der Waals surface area contributed by atoms with E-state index in [2.05, 4.69) is 4.98 Å². The smallest absolute Gasteiger partial charge is 0.308 e. The number of Topliss-reactive ketones (excluding diaryl/α,β-unsaturated/α-hetero) is 1. The minimum absolute atomic E-state index is 0.00817. The Kier molecular flexibility index (Phi) is 10.3. The Morgan fingerprint density at radius 1 is 1.08 bits per heavy atom. The molecule has 13 heteroatoms. The van der Waals surface area contributed by atoms with Crippen LogP contribution in [0.25, 0.3) is 22.3 Å². The van der Waals surface area contributed by atoms with Crippen LogP contribution in [0.2, 0.25) is 0 Å². The molecule has 0 saturated carbocycles. The van der Waals surface area contributed by atoms with Gasteiger partial charge in [-0.15, -0.1) is 0 Å². The summed E-state index contributed by atoms with van der Waals surface area (Å²) in [5.74, 6) is -2.66. The lowest BCUT2D eigenvalue weighted by molar-refractivity contribution is -0.147. The van der Waals surface area contributed by atoms with Crippen LogP contribution in [0.15, 0.2) is 60.8 Å². The van der Waals surface area contributed by atoms with Gasteiger partial charge < -0.3 is 14.5 Å². The Morgan fingerprint density at radius 3 is 2.60 bits per heavy atom. The number of fused-ring (bicyclic) bond motifs is 8. The van der Waals surface area contributed by atoms with Gasteiger partial charge in [-0.2, -0.15) is 5.10 Å². The van der Waals surface area contributed by atoms with Crippen molar-refractivity contribution in [2.24, 2.45) is 18.4 Å². The molecule has 53 heavy (non-hydrogen) atoms. The predicted octanol–water partition coefficient (Wildman–Crippen LogP) is 7.43. The third kappa shape index (κ3) is 7.76. The van der Waals surface area contributed by atoms with E-state index >= 15 is 8.78 Å². The zero-order chi connectivity index (χ0) is 38.3. The van der Waals surface area contributed by atoms with Crippen molar-refractivity contribution in [3.05, 3.63) is 94.9 Å². The third-order valence-electron chi connectivity index (χ3n) is 10.2. The Morgan fingerprint density at radius 2 is 1.85 bits per heavy atom. The zero-order valence-corrected chi connectivity index (χ0v) is 31.6. The van der Waals surface area contributed by atoms with Crippen LogP contribution in [0.3, 0.4) is 0 Å². The number of aryl methyl sites for hydroxylation is 2. The van der Waals surface area contributed by atoms with Crippen LogP contribution in [0.1, 0.15) is 70.0 Å². The fourth-order valence-corrected chi connectivity index (χ4v) is 9.02. The van der Waals surface area contributed by atoms with Gasteiger partial charge in [-0.3, -0.25) is 9.59 Å². The SMILES string of the molecule is CCOC(=O)C(C)Cc1cccc(C2(C)CCC(=O)C(C)(C)CS(=O)(=O)CCc3c(c(F)cc4[nH]ccc34)Oc3ccc(F)c(c3)-c3nc2nn3C)c1. The van der Waals surface area contributed by atoms with E-state index in [1.165, 1.54) is 28.9 Å². The minimum atomic E-state index is -3.84. The van der Waals surface area contributed by atoms with Crippen molar-refractivity contribution < 1.29 is 36.3 Å². The van der Waals surface area contributed by atoms with Crippen LogP contribution in [0.5, 0.6) is 11.5 Å². The summed E-state index contributed by atoms with van der Waals surface area (Å²) in [6.07, 6.45) is 2.15. The minimum Gasteiger partial charge on any atom is -0.466 e. The van der Waals surface area contributed by atoms with E-state index in [1.807, 2.05) is 31.2 Å². The Labute approximate surface area is 307 Å². The summed E-state index contributed by atoms with van der Waals surface area (Å²) >= 11 is 0. The molecule has 0 fully saturated rings. The number of aromatic nitrogens is 4. The molecule has 2 atom stereocenters. The number of nitrogens with zero attached hydrogens (tertiary/aromatic N) is 3. The number of halogens is 2. The summed E-state index contributed by atoms with van der Waals surface area (Å²) in [7, 11) is -2.21. The standard InChI is InChI=1S/C40H44F2N4O6S/c1-7-51-37(48)24(2)19-25-9-8-10-26(20-25)40(5)16-13-34(47)39(3,4)23-53(49,50)18-15-29-28-14-17-43-33(28)22-32(42)35(29)52-27-11-12-31(41)30(21-27)36-44-38(40)45-46(36)6/h8-12,14,17,20-22,24,43H,7,13,15-16,18-19,23H2,1-6H3. The molecule has 3 heterocycles. The van der Waals surface area contributed by atoms with Gasteiger partial charge >= 0.3 is 5.97 Å². The molecule has 6 rings (SSSR count). The molecule has 1 aliphatic rings. The number of benzene rings is 3. The molecule has 3 aromatic carbocycles. The average molecular weight is 747 g/mol. The zero-order valence-electron chi connectivity index (χ0n) is 30.8. The quantitative estimate of drug-likeness (QED) is 0.184. The Hall–Kier alpha value is -4.91. The van der Waals surface area contributed by atoms with Crippen LogP contribution in [-0.2, 0) is 49.5 Å². The number of rotatable bonds is 5. The van der Waals surface area contributed by atoms with Crippen molar-refractivity contribution >= 4 is 32.5 Å². The molecule has 2 aromatic heterocycles. The maximum Gasteiger partial charge on any atom is 0.308 e.